The van der Waals surface area contributed by atoms with Crippen molar-refractivity contribution in [3.8, 4) is 0 Å². The summed E-state index contributed by atoms with van der Waals surface area (Å²) in [6.45, 7) is 5.99. The Morgan fingerprint density at radius 2 is 2.00 bits per heavy atom. The van der Waals surface area contributed by atoms with E-state index in [1.165, 1.54) is 18.4 Å². The van der Waals surface area contributed by atoms with E-state index < -0.39 is 0 Å². The number of nitrogens with zero attached hydrogens (tertiary/aromatic N) is 2. The fourth-order valence-corrected chi connectivity index (χ4v) is 2.67. The molecule has 1 aromatic heterocycles. The molecule has 2 rings (SSSR count). The molecule has 0 radical (unpaired) electrons. The number of carbonyl (C=O) groups is 1. The highest BCUT2D eigenvalue weighted by molar-refractivity contribution is 5.76. The number of unbranched alkanes of at least 4 members (excludes halogenated alkanes) is 1. The summed E-state index contributed by atoms with van der Waals surface area (Å²) in [6, 6.07) is 8.32. The average Bonchev–Trinajstić information content (AvgIpc) is 2.87. The van der Waals surface area contributed by atoms with Gasteiger partial charge in [0.1, 0.15) is 5.82 Å². The molecule has 0 fully saturated rings. The van der Waals surface area contributed by atoms with Crippen LogP contribution in [0.5, 0.6) is 0 Å². The molecule has 4 nitrogen and oxygen atoms in total. The Bertz CT molecular complexity index is 603. The number of aromatic nitrogens is 2. The molecule has 0 spiro atoms. The number of fused-ring (bicyclic) bond motifs is 1. The van der Waals surface area contributed by atoms with E-state index in [1.54, 1.807) is 0 Å². The molecule has 0 aliphatic heterocycles. The van der Waals surface area contributed by atoms with Crippen LogP contribution in [0.3, 0.4) is 0 Å². The van der Waals surface area contributed by atoms with E-state index in [0.717, 1.165) is 43.7 Å². The van der Waals surface area contributed by atoms with Gasteiger partial charge in [-0.25, -0.2) is 4.98 Å². The second-order valence-corrected chi connectivity index (χ2v) is 5.73. The van der Waals surface area contributed by atoms with Crippen LogP contribution in [0.15, 0.2) is 24.3 Å². The normalized spacial score (nSPS) is 11.0. The van der Waals surface area contributed by atoms with Gasteiger partial charge < -0.3 is 9.88 Å². The molecule has 1 amide bonds. The van der Waals surface area contributed by atoms with Gasteiger partial charge in [0, 0.05) is 25.9 Å². The Balaban J connectivity index is 1.98. The summed E-state index contributed by atoms with van der Waals surface area (Å²) in [5.41, 5.74) is 2.30. The third kappa shape index (κ3) is 4.33. The maximum Gasteiger partial charge on any atom is 0.219 e. The molecule has 0 bridgehead atoms. The fourth-order valence-electron chi connectivity index (χ4n) is 2.67. The maximum absolute atomic E-state index is 11.5. The maximum atomic E-state index is 11.5. The SMILES string of the molecule is CCCCn1c(CCCNC(=O)CCC)nc2ccccc21. The van der Waals surface area contributed by atoms with E-state index in [9.17, 15) is 4.79 Å². The van der Waals surface area contributed by atoms with Crippen molar-refractivity contribution in [2.45, 2.75) is 58.9 Å². The summed E-state index contributed by atoms with van der Waals surface area (Å²) < 4.78 is 2.34. The van der Waals surface area contributed by atoms with Crippen molar-refractivity contribution in [2.75, 3.05) is 6.54 Å². The number of imidazole rings is 1. The Morgan fingerprint density at radius 3 is 2.77 bits per heavy atom. The number of carbonyl (C=O) groups excluding carboxylic acids is 1. The Labute approximate surface area is 132 Å². The molecular formula is C18H27N3O. The lowest BCUT2D eigenvalue weighted by molar-refractivity contribution is -0.121. The van der Waals surface area contributed by atoms with Gasteiger partial charge in [-0.1, -0.05) is 32.4 Å². The van der Waals surface area contributed by atoms with Crippen LogP contribution in [-0.2, 0) is 17.8 Å². The molecule has 0 atom stereocenters. The quantitative estimate of drug-likeness (QED) is 0.718. The molecule has 22 heavy (non-hydrogen) atoms. The number of hydrogen-bond donors (Lipinski definition) is 1. The van der Waals surface area contributed by atoms with Gasteiger partial charge in [0.2, 0.25) is 5.91 Å². The van der Waals surface area contributed by atoms with Crippen molar-refractivity contribution >= 4 is 16.9 Å². The number of amides is 1. The second-order valence-electron chi connectivity index (χ2n) is 5.73. The molecule has 1 heterocycles. The third-order valence-corrected chi connectivity index (χ3v) is 3.85. The number of rotatable bonds is 9. The van der Waals surface area contributed by atoms with Gasteiger partial charge in [-0.15, -0.1) is 0 Å². The standard InChI is InChI=1S/C18H27N3O/c1-3-5-14-21-16-11-7-6-10-15(16)20-17(21)12-8-13-19-18(22)9-4-2/h6-7,10-11H,3-5,8-9,12-14H2,1-2H3,(H,19,22). The van der Waals surface area contributed by atoms with Gasteiger partial charge in [-0.2, -0.15) is 0 Å². The number of hydrogen-bond acceptors (Lipinski definition) is 2. The summed E-state index contributed by atoms with van der Waals surface area (Å²) in [5.74, 6) is 1.29. The van der Waals surface area contributed by atoms with Crippen molar-refractivity contribution in [1.82, 2.24) is 14.9 Å². The molecule has 0 unspecified atom stereocenters. The minimum Gasteiger partial charge on any atom is -0.356 e. The van der Waals surface area contributed by atoms with Crippen LogP contribution < -0.4 is 5.32 Å². The summed E-state index contributed by atoms with van der Waals surface area (Å²) in [4.78, 5) is 16.2. The Kier molecular flexibility index (Phi) is 6.44. The molecule has 4 heteroatoms. The van der Waals surface area contributed by atoms with Crippen LogP contribution in [0.1, 0.15) is 51.8 Å². The minimum absolute atomic E-state index is 0.155. The highest BCUT2D eigenvalue weighted by Crippen LogP contribution is 2.18. The zero-order chi connectivity index (χ0) is 15.8. The Hall–Kier alpha value is -1.84. The highest BCUT2D eigenvalue weighted by Gasteiger charge is 2.09. The summed E-state index contributed by atoms with van der Waals surface area (Å²) in [6.07, 6.45) is 5.71. The number of para-hydroxylation sites is 2. The second kappa shape index (κ2) is 8.57. The van der Waals surface area contributed by atoms with Gasteiger partial charge in [0.25, 0.3) is 0 Å². The summed E-state index contributed by atoms with van der Waals surface area (Å²) >= 11 is 0. The van der Waals surface area contributed by atoms with Gasteiger partial charge in [0.05, 0.1) is 11.0 Å². The van der Waals surface area contributed by atoms with Crippen molar-refractivity contribution in [1.29, 1.82) is 0 Å². The van der Waals surface area contributed by atoms with Crippen molar-refractivity contribution in [3.05, 3.63) is 30.1 Å². The summed E-state index contributed by atoms with van der Waals surface area (Å²) in [7, 11) is 0. The van der Waals surface area contributed by atoms with E-state index in [2.05, 4.69) is 35.0 Å². The van der Waals surface area contributed by atoms with Crippen LogP contribution >= 0.6 is 0 Å². The number of nitrogens with one attached hydrogen (secondary N) is 1. The molecule has 1 N–H and O–H groups in total. The zero-order valence-corrected chi connectivity index (χ0v) is 13.8. The van der Waals surface area contributed by atoms with E-state index in [4.69, 9.17) is 4.98 Å². The average molecular weight is 301 g/mol. The molecular weight excluding hydrogens is 274 g/mol. The van der Waals surface area contributed by atoms with Gasteiger partial charge in [0.15, 0.2) is 0 Å². The van der Waals surface area contributed by atoms with E-state index in [-0.39, 0.29) is 5.91 Å². The first-order valence-corrected chi connectivity index (χ1v) is 8.47. The van der Waals surface area contributed by atoms with Crippen LogP contribution in [0.25, 0.3) is 11.0 Å². The molecule has 0 saturated carbocycles. The summed E-state index contributed by atoms with van der Waals surface area (Å²) in [5, 5.41) is 2.97. The van der Waals surface area contributed by atoms with E-state index in [1.807, 2.05) is 13.0 Å². The molecule has 0 saturated heterocycles. The zero-order valence-electron chi connectivity index (χ0n) is 13.8. The molecule has 2 aromatic rings. The largest absolute Gasteiger partial charge is 0.356 e. The van der Waals surface area contributed by atoms with Crippen LogP contribution in [0.4, 0.5) is 0 Å². The topological polar surface area (TPSA) is 46.9 Å². The third-order valence-electron chi connectivity index (χ3n) is 3.85. The molecule has 0 aliphatic rings. The van der Waals surface area contributed by atoms with Crippen molar-refractivity contribution in [3.63, 3.8) is 0 Å². The number of benzene rings is 1. The van der Waals surface area contributed by atoms with E-state index in [0.29, 0.717) is 6.42 Å². The molecule has 0 aliphatic carbocycles. The van der Waals surface area contributed by atoms with Crippen molar-refractivity contribution in [2.24, 2.45) is 0 Å². The van der Waals surface area contributed by atoms with Gasteiger partial charge in [-0.05, 0) is 31.4 Å². The first kappa shape index (κ1) is 16.5. The van der Waals surface area contributed by atoms with E-state index >= 15 is 0 Å². The van der Waals surface area contributed by atoms with Crippen molar-refractivity contribution < 1.29 is 4.79 Å². The lowest BCUT2D eigenvalue weighted by Gasteiger charge is -2.09. The lowest BCUT2D eigenvalue weighted by Crippen LogP contribution is -2.24. The predicted molar refractivity (Wildman–Crippen MR) is 90.9 cm³/mol. The lowest BCUT2D eigenvalue weighted by atomic mass is 10.2. The minimum atomic E-state index is 0.155. The first-order valence-electron chi connectivity index (χ1n) is 8.47. The van der Waals surface area contributed by atoms with Crippen LogP contribution in [-0.4, -0.2) is 22.0 Å². The smallest absolute Gasteiger partial charge is 0.219 e. The van der Waals surface area contributed by atoms with Gasteiger partial charge >= 0.3 is 0 Å². The molecule has 120 valence electrons. The highest BCUT2D eigenvalue weighted by atomic mass is 16.1. The fraction of sp³-hybridized carbons (Fsp3) is 0.556. The van der Waals surface area contributed by atoms with Gasteiger partial charge in [-0.3, -0.25) is 4.79 Å². The van der Waals surface area contributed by atoms with Crippen LogP contribution in [0, 0.1) is 0 Å². The predicted octanol–water partition coefficient (Wildman–Crippen LogP) is 3.69. The van der Waals surface area contributed by atoms with Crippen LogP contribution in [0.2, 0.25) is 0 Å². The number of aryl methyl sites for hydroxylation is 2. The first-order chi connectivity index (χ1) is 10.8. The Morgan fingerprint density at radius 1 is 1.18 bits per heavy atom. The monoisotopic (exact) mass is 301 g/mol. The molecule has 1 aromatic carbocycles.